The molecular weight excluding hydrogens is 294 g/mol. The average molecular weight is 323 g/mol. The lowest BCUT2D eigenvalue weighted by Crippen LogP contribution is -2.64. The van der Waals surface area contributed by atoms with Crippen molar-refractivity contribution in [3.05, 3.63) is 0 Å². The Hall–Kier alpha value is -1.14. The van der Waals surface area contributed by atoms with E-state index in [9.17, 15) is 9.59 Å². The summed E-state index contributed by atoms with van der Waals surface area (Å²) in [4.78, 5) is 24.4. The molecule has 0 unspecified atom stereocenters. The molecule has 2 atom stereocenters. The van der Waals surface area contributed by atoms with E-state index < -0.39 is 0 Å². The van der Waals surface area contributed by atoms with Crippen LogP contribution < -0.4 is 10.6 Å². The third kappa shape index (κ3) is 3.24. The monoisotopic (exact) mass is 323 g/mol. The summed E-state index contributed by atoms with van der Waals surface area (Å²) in [6.45, 7) is 4.38. The molecule has 0 aromatic heterocycles. The van der Waals surface area contributed by atoms with Gasteiger partial charge in [0.05, 0.1) is 12.6 Å². The summed E-state index contributed by atoms with van der Waals surface area (Å²) in [5, 5.41) is 6.23. The molecule has 0 radical (unpaired) electrons. The van der Waals surface area contributed by atoms with E-state index in [4.69, 9.17) is 4.74 Å². The van der Waals surface area contributed by atoms with E-state index in [1.165, 1.54) is 37.0 Å². The highest BCUT2D eigenvalue weighted by Gasteiger charge is 2.55. The standard InChI is InChI=1S/C17H29N3O3/c1-2-23-14-11-13(17(14)7-4-3-5-8-17)18-9-6-10-20-15(21)12-19-16(20)22/h13-14,18H,2-12H2,1H3,(H,19,22)/t13-,14-/m1/s1. The maximum Gasteiger partial charge on any atom is 0.324 e. The fraction of sp³-hybridized carbons (Fsp3) is 0.882. The van der Waals surface area contributed by atoms with Crippen LogP contribution in [0, 0.1) is 5.41 Å². The zero-order valence-corrected chi connectivity index (χ0v) is 14.1. The molecule has 6 nitrogen and oxygen atoms in total. The first-order valence-corrected chi connectivity index (χ1v) is 9.10. The Morgan fingerprint density at radius 1 is 1.30 bits per heavy atom. The fourth-order valence-electron chi connectivity index (χ4n) is 4.54. The second-order valence-electron chi connectivity index (χ2n) is 7.04. The summed E-state index contributed by atoms with van der Waals surface area (Å²) in [5.74, 6) is -0.112. The molecule has 1 aliphatic heterocycles. The van der Waals surface area contributed by atoms with Crippen molar-refractivity contribution in [1.29, 1.82) is 0 Å². The van der Waals surface area contributed by atoms with Gasteiger partial charge in [-0.05, 0) is 39.2 Å². The van der Waals surface area contributed by atoms with Gasteiger partial charge in [-0.15, -0.1) is 0 Å². The zero-order chi connectivity index (χ0) is 16.3. The molecule has 0 aromatic rings. The number of nitrogens with one attached hydrogen (secondary N) is 2. The summed E-state index contributed by atoms with van der Waals surface area (Å²) in [6.07, 6.45) is 8.82. The number of carbonyl (C=O) groups is 2. The van der Waals surface area contributed by atoms with E-state index in [-0.39, 0.29) is 18.5 Å². The Kier molecular flexibility index (Phi) is 5.21. The van der Waals surface area contributed by atoms with Gasteiger partial charge in [-0.1, -0.05) is 19.3 Å². The molecule has 1 spiro atoms. The van der Waals surface area contributed by atoms with E-state index in [1.54, 1.807) is 0 Å². The topological polar surface area (TPSA) is 70.7 Å². The molecule has 1 heterocycles. The third-order valence-corrected chi connectivity index (χ3v) is 5.82. The molecule has 0 aromatic carbocycles. The number of hydrogen-bond donors (Lipinski definition) is 2. The fourth-order valence-corrected chi connectivity index (χ4v) is 4.54. The van der Waals surface area contributed by atoms with Gasteiger partial charge in [0.1, 0.15) is 0 Å². The minimum absolute atomic E-state index is 0.112. The molecule has 3 amide bonds. The number of amides is 3. The van der Waals surface area contributed by atoms with E-state index in [0.717, 1.165) is 26.0 Å². The van der Waals surface area contributed by atoms with Crippen LogP contribution in [0.15, 0.2) is 0 Å². The molecule has 3 fully saturated rings. The van der Waals surface area contributed by atoms with E-state index in [1.807, 2.05) is 0 Å². The first-order chi connectivity index (χ1) is 11.2. The average Bonchev–Trinajstić information content (AvgIpc) is 2.89. The van der Waals surface area contributed by atoms with E-state index in [0.29, 0.717) is 24.1 Å². The Morgan fingerprint density at radius 2 is 2.09 bits per heavy atom. The largest absolute Gasteiger partial charge is 0.378 e. The lowest BCUT2D eigenvalue weighted by molar-refractivity contribution is -0.149. The first kappa shape index (κ1) is 16.7. The Labute approximate surface area is 138 Å². The van der Waals surface area contributed by atoms with Gasteiger partial charge in [-0.25, -0.2) is 4.79 Å². The molecule has 23 heavy (non-hydrogen) atoms. The van der Waals surface area contributed by atoms with Crippen LogP contribution >= 0.6 is 0 Å². The van der Waals surface area contributed by atoms with Gasteiger partial charge in [0.2, 0.25) is 5.91 Å². The Bertz CT molecular complexity index is 432. The van der Waals surface area contributed by atoms with Gasteiger partial charge in [0, 0.05) is 24.6 Å². The van der Waals surface area contributed by atoms with Gasteiger partial charge in [-0.2, -0.15) is 0 Å². The van der Waals surface area contributed by atoms with Crippen molar-refractivity contribution in [2.45, 2.75) is 64.0 Å². The predicted molar refractivity (Wildman–Crippen MR) is 87.1 cm³/mol. The number of urea groups is 1. The van der Waals surface area contributed by atoms with Crippen LogP contribution in [-0.4, -0.2) is 55.2 Å². The number of imide groups is 1. The van der Waals surface area contributed by atoms with Crippen molar-refractivity contribution in [1.82, 2.24) is 15.5 Å². The molecule has 130 valence electrons. The van der Waals surface area contributed by atoms with Crippen molar-refractivity contribution >= 4 is 11.9 Å². The van der Waals surface area contributed by atoms with Gasteiger partial charge < -0.3 is 15.4 Å². The first-order valence-electron chi connectivity index (χ1n) is 9.10. The number of carbonyl (C=O) groups excluding carboxylic acids is 2. The van der Waals surface area contributed by atoms with Crippen LogP contribution in [0.5, 0.6) is 0 Å². The smallest absolute Gasteiger partial charge is 0.324 e. The van der Waals surface area contributed by atoms with Gasteiger partial charge >= 0.3 is 6.03 Å². The molecule has 1 saturated heterocycles. The van der Waals surface area contributed by atoms with Gasteiger partial charge in [-0.3, -0.25) is 9.69 Å². The van der Waals surface area contributed by atoms with Crippen molar-refractivity contribution < 1.29 is 14.3 Å². The highest BCUT2D eigenvalue weighted by atomic mass is 16.5. The number of nitrogens with zero attached hydrogens (tertiary/aromatic N) is 1. The quantitative estimate of drug-likeness (QED) is 0.552. The van der Waals surface area contributed by atoms with E-state index in [2.05, 4.69) is 17.6 Å². The maximum atomic E-state index is 11.5. The second-order valence-corrected chi connectivity index (χ2v) is 7.04. The molecule has 3 rings (SSSR count). The number of ether oxygens (including phenoxy) is 1. The maximum absolute atomic E-state index is 11.5. The predicted octanol–water partition coefficient (Wildman–Crippen LogP) is 1.65. The van der Waals surface area contributed by atoms with Gasteiger partial charge in [0.15, 0.2) is 0 Å². The SMILES string of the molecule is CCO[C@@H]1C[C@@H](NCCCN2C(=O)CNC2=O)C12CCCCC2. The number of rotatable bonds is 7. The minimum atomic E-state index is -0.251. The highest BCUT2D eigenvalue weighted by molar-refractivity contribution is 6.01. The van der Waals surface area contributed by atoms with Crippen molar-refractivity contribution in [2.24, 2.45) is 5.41 Å². The molecule has 2 N–H and O–H groups in total. The Balaban J connectivity index is 1.44. The van der Waals surface area contributed by atoms with Crippen LogP contribution in [0.3, 0.4) is 0 Å². The molecule has 3 aliphatic rings. The van der Waals surface area contributed by atoms with Crippen LogP contribution in [0.1, 0.15) is 51.9 Å². The summed E-state index contributed by atoms with van der Waals surface area (Å²) in [7, 11) is 0. The highest BCUT2D eigenvalue weighted by Crippen LogP contribution is 2.53. The van der Waals surface area contributed by atoms with Crippen molar-refractivity contribution in [2.75, 3.05) is 26.2 Å². The minimum Gasteiger partial charge on any atom is -0.378 e. The van der Waals surface area contributed by atoms with Crippen molar-refractivity contribution in [3.8, 4) is 0 Å². The van der Waals surface area contributed by atoms with Crippen LogP contribution in [0.2, 0.25) is 0 Å². The summed E-state index contributed by atoms with van der Waals surface area (Å²) in [5.41, 5.74) is 0.328. The number of hydrogen-bond acceptors (Lipinski definition) is 4. The summed E-state index contributed by atoms with van der Waals surface area (Å²) < 4.78 is 5.97. The third-order valence-electron chi connectivity index (χ3n) is 5.82. The van der Waals surface area contributed by atoms with E-state index >= 15 is 0 Å². The zero-order valence-electron chi connectivity index (χ0n) is 14.1. The van der Waals surface area contributed by atoms with Crippen molar-refractivity contribution in [3.63, 3.8) is 0 Å². The van der Waals surface area contributed by atoms with Crippen LogP contribution in [-0.2, 0) is 9.53 Å². The van der Waals surface area contributed by atoms with Gasteiger partial charge in [0.25, 0.3) is 0 Å². The molecule has 2 saturated carbocycles. The molecule has 2 aliphatic carbocycles. The Morgan fingerprint density at radius 3 is 2.74 bits per heavy atom. The van der Waals surface area contributed by atoms with Crippen LogP contribution in [0.4, 0.5) is 4.79 Å². The summed E-state index contributed by atoms with van der Waals surface area (Å²) in [6, 6.07) is 0.279. The lowest BCUT2D eigenvalue weighted by atomic mass is 9.55. The lowest BCUT2D eigenvalue weighted by Gasteiger charge is -2.58. The summed E-state index contributed by atoms with van der Waals surface area (Å²) >= 11 is 0. The molecular formula is C17H29N3O3. The van der Waals surface area contributed by atoms with Crippen LogP contribution in [0.25, 0.3) is 0 Å². The second kappa shape index (κ2) is 7.18. The molecule has 6 heteroatoms. The normalized spacial score (nSPS) is 29.7. The molecule has 0 bridgehead atoms.